The molecule has 4 heteroatoms. The predicted molar refractivity (Wildman–Crippen MR) is 71.5 cm³/mol. The lowest BCUT2D eigenvalue weighted by Gasteiger charge is -2.35. The third-order valence-electron chi connectivity index (χ3n) is 3.77. The van der Waals surface area contributed by atoms with Gasteiger partial charge in [-0.25, -0.2) is 0 Å². The van der Waals surface area contributed by atoms with Gasteiger partial charge in [-0.2, -0.15) is 0 Å². The minimum absolute atomic E-state index is 0.00998. The fourth-order valence-electron chi connectivity index (χ4n) is 2.65. The van der Waals surface area contributed by atoms with Crippen molar-refractivity contribution in [2.45, 2.75) is 32.2 Å². The highest BCUT2D eigenvalue weighted by Gasteiger charge is 2.30. The summed E-state index contributed by atoms with van der Waals surface area (Å²) in [6, 6.07) is 9.97. The van der Waals surface area contributed by atoms with Crippen LogP contribution in [0, 0.1) is 5.92 Å². The van der Waals surface area contributed by atoms with E-state index >= 15 is 0 Å². The topological polar surface area (TPSA) is 57.6 Å². The molecule has 0 bridgehead atoms. The van der Waals surface area contributed by atoms with Crippen LogP contribution in [0.1, 0.15) is 37.8 Å². The molecule has 1 heterocycles. The molecule has 2 unspecified atom stereocenters. The van der Waals surface area contributed by atoms with Crippen LogP contribution in [0.4, 0.5) is 0 Å². The fraction of sp³-hybridized carbons (Fsp3) is 0.467. The van der Waals surface area contributed by atoms with Gasteiger partial charge in [-0.1, -0.05) is 30.3 Å². The van der Waals surface area contributed by atoms with Crippen molar-refractivity contribution in [1.29, 1.82) is 0 Å². The van der Waals surface area contributed by atoms with Crippen molar-refractivity contribution in [3.8, 4) is 0 Å². The third-order valence-corrected chi connectivity index (χ3v) is 3.77. The first-order valence-corrected chi connectivity index (χ1v) is 6.64. The Kier molecular flexibility index (Phi) is 4.20. The summed E-state index contributed by atoms with van der Waals surface area (Å²) in [6.07, 6.45) is 1.22. The number of piperidine rings is 1. The maximum atomic E-state index is 12.1. The molecular formula is C15H19NO3. The molecule has 1 amide bonds. The minimum atomic E-state index is -0.817. The first kappa shape index (κ1) is 13.6. The zero-order valence-corrected chi connectivity index (χ0v) is 11.1. The maximum Gasteiger partial charge on any atom is 0.303 e. The third kappa shape index (κ3) is 3.34. The number of aliphatic carboxylic acids is 1. The van der Waals surface area contributed by atoms with Gasteiger partial charge in [0.2, 0.25) is 5.91 Å². The number of carbonyl (C=O) groups is 2. The molecule has 102 valence electrons. The number of carbonyl (C=O) groups excluding carboxylic acids is 1. The van der Waals surface area contributed by atoms with Crippen LogP contribution < -0.4 is 0 Å². The average Bonchev–Trinajstić information content (AvgIpc) is 2.38. The van der Waals surface area contributed by atoms with Crippen molar-refractivity contribution >= 4 is 11.9 Å². The lowest BCUT2D eigenvalue weighted by atomic mass is 9.91. The number of hydrogen-bond acceptors (Lipinski definition) is 2. The van der Waals surface area contributed by atoms with Gasteiger partial charge in [-0.05, 0) is 24.8 Å². The van der Waals surface area contributed by atoms with Crippen molar-refractivity contribution in [3.63, 3.8) is 0 Å². The van der Waals surface area contributed by atoms with Gasteiger partial charge < -0.3 is 10.0 Å². The van der Waals surface area contributed by atoms with E-state index in [1.807, 2.05) is 42.2 Å². The van der Waals surface area contributed by atoms with Crippen molar-refractivity contribution in [3.05, 3.63) is 35.9 Å². The largest absolute Gasteiger partial charge is 0.481 e. The standard InChI is InChI=1S/C15H19NO3/c1-11(13-5-3-2-4-6-13)16-8-7-12(9-14(16)17)10-15(18)19/h2-6,11-12H,7-10H2,1H3,(H,18,19). The van der Waals surface area contributed by atoms with Crippen LogP contribution in [-0.4, -0.2) is 28.4 Å². The van der Waals surface area contributed by atoms with Gasteiger partial charge in [-0.3, -0.25) is 9.59 Å². The highest BCUT2D eigenvalue weighted by molar-refractivity contribution is 5.78. The van der Waals surface area contributed by atoms with E-state index in [0.717, 1.165) is 12.0 Å². The van der Waals surface area contributed by atoms with Gasteiger partial charge in [0.25, 0.3) is 0 Å². The molecule has 0 aliphatic carbocycles. The van der Waals surface area contributed by atoms with Crippen molar-refractivity contribution < 1.29 is 14.7 Å². The number of nitrogens with zero attached hydrogens (tertiary/aromatic N) is 1. The second-order valence-corrected chi connectivity index (χ2v) is 5.13. The Balaban J connectivity index is 2.00. The summed E-state index contributed by atoms with van der Waals surface area (Å²) < 4.78 is 0. The normalized spacial score (nSPS) is 21.2. The molecule has 0 radical (unpaired) electrons. The molecule has 1 aromatic rings. The Labute approximate surface area is 113 Å². The molecule has 4 nitrogen and oxygen atoms in total. The van der Waals surface area contributed by atoms with Crippen LogP contribution in [0.2, 0.25) is 0 Å². The number of benzene rings is 1. The minimum Gasteiger partial charge on any atom is -0.481 e. The second-order valence-electron chi connectivity index (χ2n) is 5.13. The zero-order chi connectivity index (χ0) is 13.8. The fourth-order valence-corrected chi connectivity index (χ4v) is 2.65. The van der Waals surface area contributed by atoms with E-state index in [1.54, 1.807) is 0 Å². The number of rotatable bonds is 4. The molecule has 0 aromatic heterocycles. The lowest BCUT2D eigenvalue weighted by Crippen LogP contribution is -2.40. The van der Waals surface area contributed by atoms with Gasteiger partial charge in [0, 0.05) is 19.4 Å². The number of carboxylic acid groups (broad SMARTS) is 1. The Hall–Kier alpha value is -1.84. The van der Waals surface area contributed by atoms with Crippen LogP contribution in [0.3, 0.4) is 0 Å². The molecule has 1 aromatic carbocycles. The van der Waals surface area contributed by atoms with E-state index in [-0.39, 0.29) is 24.3 Å². The second kappa shape index (κ2) is 5.87. The summed E-state index contributed by atoms with van der Waals surface area (Å²) >= 11 is 0. The molecule has 1 N–H and O–H groups in total. The first-order chi connectivity index (χ1) is 9.08. The van der Waals surface area contributed by atoms with Crippen molar-refractivity contribution in [2.24, 2.45) is 5.92 Å². The Bertz CT molecular complexity index is 458. The molecule has 2 rings (SSSR count). The van der Waals surface area contributed by atoms with Crippen LogP contribution in [0.5, 0.6) is 0 Å². The van der Waals surface area contributed by atoms with E-state index in [2.05, 4.69) is 0 Å². The average molecular weight is 261 g/mol. The zero-order valence-electron chi connectivity index (χ0n) is 11.1. The predicted octanol–water partition coefficient (Wildman–Crippen LogP) is 2.46. The smallest absolute Gasteiger partial charge is 0.303 e. The van der Waals surface area contributed by atoms with Gasteiger partial charge in [-0.15, -0.1) is 0 Å². The van der Waals surface area contributed by atoms with Crippen molar-refractivity contribution in [2.75, 3.05) is 6.54 Å². The van der Waals surface area contributed by atoms with Crippen LogP contribution in [0.25, 0.3) is 0 Å². The molecule has 1 aliphatic rings. The number of amides is 1. The molecule has 19 heavy (non-hydrogen) atoms. The Morgan fingerprint density at radius 3 is 2.68 bits per heavy atom. The van der Waals surface area contributed by atoms with E-state index < -0.39 is 5.97 Å². The molecule has 1 fully saturated rings. The number of carboxylic acids is 1. The van der Waals surface area contributed by atoms with Crippen LogP contribution in [-0.2, 0) is 9.59 Å². The molecule has 1 saturated heterocycles. The van der Waals surface area contributed by atoms with Gasteiger partial charge in [0.05, 0.1) is 6.04 Å². The summed E-state index contributed by atoms with van der Waals surface area (Å²) in [5.41, 5.74) is 1.12. The number of hydrogen-bond donors (Lipinski definition) is 1. The molecule has 0 saturated carbocycles. The van der Waals surface area contributed by atoms with Gasteiger partial charge in [0.1, 0.15) is 0 Å². The van der Waals surface area contributed by atoms with Gasteiger partial charge in [0.15, 0.2) is 0 Å². The first-order valence-electron chi connectivity index (χ1n) is 6.64. The summed E-state index contributed by atoms with van der Waals surface area (Å²) in [5.74, 6) is -0.763. The molecule has 2 atom stereocenters. The van der Waals surface area contributed by atoms with Crippen molar-refractivity contribution in [1.82, 2.24) is 4.90 Å². The van der Waals surface area contributed by atoms with E-state index in [9.17, 15) is 9.59 Å². The number of likely N-dealkylation sites (tertiary alicyclic amines) is 1. The van der Waals surface area contributed by atoms with E-state index in [4.69, 9.17) is 5.11 Å². The SMILES string of the molecule is CC(c1ccccc1)N1CCC(CC(=O)O)CC1=O. The summed E-state index contributed by atoms with van der Waals surface area (Å²) in [5, 5.41) is 8.78. The molecule has 0 spiro atoms. The quantitative estimate of drug-likeness (QED) is 0.905. The highest BCUT2D eigenvalue weighted by Crippen LogP contribution is 2.28. The van der Waals surface area contributed by atoms with Gasteiger partial charge >= 0.3 is 5.97 Å². The Morgan fingerprint density at radius 2 is 2.11 bits per heavy atom. The maximum absolute atomic E-state index is 12.1. The monoisotopic (exact) mass is 261 g/mol. The van der Waals surface area contributed by atoms with E-state index in [0.29, 0.717) is 13.0 Å². The van der Waals surface area contributed by atoms with E-state index in [1.165, 1.54) is 0 Å². The lowest BCUT2D eigenvalue weighted by molar-refractivity contribution is -0.141. The van der Waals surface area contributed by atoms with Crippen LogP contribution in [0.15, 0.2) is 30.3 Å². The molecular weight excluding hydrogens is 242 g/mol. The summed E-state index contributed by atoms with van der Waals surface area (Å²) in [4.78, 5) is 24.7. The van der Waals surface area contributed by atoms with Crippen LogP contribution >= 0.6 is 0 Å². The molecule has 1 aliphatic heterocycles. The highest BCUT2D eigenvalue weighted by atomic mass is 16.4. The summed E-state index contributed by atoms with van der Waals surface area (Å²) in [7, 11) is 0. The Morgan fingerprint density at radius 1 is 1.42 bits per heavy atom. The summed E-state index contributed by atoms with van der Waals surface area (Å²) in [6.45, 7) is 2.66.